The summed E-state index contributed by atoms with van der Waals surface area (Å²) in [5.74, 6) is 0.711. The zero-order chi connectivity index (χ0) is 17.1. The third-order valence-electron chi connectivity index (χ3n) is 4.73. The molecule has 0 spiro atoms. The van der Waals surface area contributed by atoms with Gasteiger partial charge in [-0.1, -0.05) is 13.8 Å². The molecule has 0 amide bonds. The molecule has 132 valence electrons. The molecule has 2 aromatic heterocycles. The zero-order valence-corrected chi connectivity index (χ0v) is 15.4. The van der Waals surface area contributed by atoms with E-state index >= 15 is 0 Å². The van der Waals surface area contributed by atoms with Gasteiger partial charge in [0.25, 0.3) is 5.56 Å². The van der Waals surface area contributed by atoms with Crippen molar-refractivity contribution in [3.8, 4) is 0 Å². The minimum atomic E-state index is -0.332. The maximum absolute atomic E-state index is 12.6. The maximum atomic E-state index is 12.6. The lowest BCUT2D eigenvalue weighted by molar-refractivity contribution is 0.104. The summed E-state index contributed by atoms with van der Waals surface area (Å²) in [6.07, 6.45) is 5.88. The minimum absolute atomic E-state index is 0.00175. The minimum Gasteiger partial charge on any atom is -0.392 e. The quantitative estimate of drug-likeness (QED) is 0.806. The number of fused-ring (bicyclic) bond motifs is 3. The first kappa shape index (κ1) is 17.6. The van der Waals surface area contributed by atoms with Crippen LogP contribution in [0.4, 0.5) is 0 Å². The second kappa shape index (κ2) is 7.76. The van der Waals surface area contributed by atoms with Gasteiger partial charge >= 0.3 is 0 Å². The van der Waals surface area contributed by atoms with E-state index < -0.39 is 0 Å². The van der Waals surface area contributed by atoms with Gasteiger partial charge in [-0.15, -0.1) is 11.3 Å². The summed E-state index contributed by atoms with van der Waals surface area (Å²) in [7, 11) is 0. The molecule has 1 aliphatic carbocycles. The van der Waals surface area contributed by atoms with Crippen LogP contribution in [0.25, 0.3) is 10.2 Å². The van der Waals surface area contributed by atoms with E-state index in [1.54, 1.807) is 11.3 Å². The molecule has 24 heavy (non-hydrogen) atoms. The molecule has 2 aromatic rings. The number of thiophene rings is 1. The van der Waals surface area contributed by atoms with Crippen LogP contribution in [0.2, 0.25) is 0 Å². The first-order chi connectivity index (χ1) is 11.6. The van der Waals surface area contributed by atoms with E-state index in [1.807, 2.05) is 6.92 Å². The van der Waals surface area contributed by atoms with Gasteiger partial charge in [-0.05, 0) is 50.6 Å². The highest BCUT2D eigenvalue weighted by Gasteiger charge is 2.20. The molecular formula is C18H27N3O2S. The van der Waals surface area contributed by atoms with Crippen LogP contribution in [0.5, 0.6) is 0 Å². The largest absolute Gasteiger partial charge is 0.392 e. The van der Waals surface area contributed by atoms with Crippen molar-refractivity contribution in [3.05, 3.63) is 26.6 Å². The van der Waals surface area contributed by atoms with Gasteiger partial charge < -0.3 is 10.1 Å². The summed E-state index contributed by atoms with van der Waals surface area (Å²) in [5.41, 5.74) is 1.23. The first-order valence-corrected chi connectivity index (χ1v) is 9.87. The number of aliphatic hydroxyl groups excluding tert-OH is 1. The Morgan fingerprint density at radius 1 is 1.33 bits per heavy atom. The molecule has 0 aromatic carbocycles. The van der Waals surface area contributed by atoms with Crippen molar-refractivity contribution in [3.63, 3.8) is 0 Å². The summed E-state index contributed by atoms with van der Waals surface area (Å²) in [6.45, 7) is 6.20. The van der Waals surface area contributed by atoms with Gasteiger partial charge in [-0.25, -0.2) is 4.98 Å². The fourth-order valence-electron chi connectivity index (χ4n) is 3.47. The normalized spacial score (nSPS) is 15.8. The van der Waals surface area contributed by atoms with Gasteiger partial charge in [-0.3, -0.25) is 9.69 Å². The average molecular weight is 350 g/mol. The summed E-state index contributed by atoms with van der Waals surface area (Å²) in [6, 6.07) is 0. The predicted octanol–water partition coefficient (Wildman–Crippen LogP) is 2.85. The topological polar surface area (TPSA) is 69.2 Å². The van der Waals surface area contributed by atoms with E-state index in [2.05, 4.69) is 16.8 Å². The Bertz CT molecular complexity index is 753. The van der Waals surface area contributed by atoms with Crippen LogP contribution in [0.15, 0.2) is 4.79 Å². The van der Waals surface area contributed by atoms with Crippen molar-refractivity contribution < 1.29 is 5.11 Å². The standard InChI is InChI=1S/C18H27N3O2S/c1-3-9-21(10-12(22)4-2)11-15-19-17(23)16-13-7-5-6-8-14(13)24-18(16)20-15/h12,22H,3-11H2,1-2H3,(H,19,20,23). The van der Waals surface area contributed by atoms with Crippen LogP contribution >= 0.6 is 11.3 Å². The fourth-order valence-corrected chi connectivity index (χ4v) is 4.75. The fraction of sp³-hybridized carbons (Fsp3) is 0.667. The Hall–Kier alpha value is -1.24. The summed E-state index contributed by atoms with van der Waals surface area (Å²) in [4.78, 5) is 24.7. The molecule has 5 nitrogen and oxygen atoms in total. The highest BCUT2D eigenvalue weighted by atomic mass is 32.1. The third-order valence-corrected chi connectivity index (χ3v) is 5.91. The van der Waals surface area contributed by atoms with Gasteiger partial charge in [0.05, 0.1) is 18.0 Å². The van der Waals surface area contributed by atoms with Crippen LogP contribution in [0, 0.1) is 0 Å². The second-order valence-corrected chi connectivity index (χ2v) is 7.78. The molecule has 6 heteroatoms. The number of hydrogen-bond donors (Lipinski definition) is 2. The molecule has 1 atom stereocenters. The summed E-state index contributed by atoms with van der Waals surface area (Å²) in [5, 5.41) is 10.8. The molecule has 3 rings (SSSR count). The average Bonchev–Trinajstić information content (AvgIpc) is 2.93. The smallest absolute Gasteiger partial charge is 0.259 e. The maximum Gasteiger partial charge on any atom is 0.259 e. The molecule has 2 N–H and O–H groups in total. The van der Waals surface area contributed by atoms with Crippen LogP contribution in [0.1, 0.15) is 55.8 Å². The molecule has 0 aliphatic heterocycles. The molecule has 0 saturated heterocycles. The van der Waals surface area contributed by atoms with Crippen molar-refractivity contribution in [1.82, 2.24) is 14.9 Å². The van der Waals surface area contributed by atoms with Gasteiger partial charge in [0.2, 0.25) is 0 Å². The van der Waals surface area contributed by atoms with Crippen LogP contribution in [-0.4, -0.2) is 39.2 Å². The number of aromatic amines is 1. The molecule has 1 unspecified atom stereocenters. The van der Waals surface area contributed by atoms with Crippen LogP contribution in [0.3, 0.4) is 0 Å². The lowest BCUT2D eigenvalue weighted by Gasteiger charge is -2.23. The van der Waals surface area contributed by atoms with Gasteiger partial charge in [-0.2, -0.15) is 0 Å². The second-order valence-electron chi connectivity index (χ2n) is 6.70. The zero-order valence-electron chi connectivity index (χ0n) is 14.6. The molecule has 0 radical (unpaired) electrons. The van der Waals surface area contributed by atoms with Gasteiger partial charge in [0.1, 0.15) is 10.7 Å². The number of nitrogens with one attached hydrogen (secondary N) is 1. The Kier molecular flexibility index (Phi) is 5.69. The Balaban J connectivity index is 1.88. The van der Waals surface area contributed by atoms with E-state index in [-0.39, 0.29) is 11.7 Å². The molecule has 0 saturated carbocycles. The Labute approximate surface area is 146 Å². The number of aromatic nitrogens is 2. The molecule has 2 heterocycles. The predicted molar refractivity (Wildman–Crippen MR) is 98.7 cm³/mol. The van der Waals surface area contributed by atoms with Crippen molar-refractivity contribution >= 4 is 21.6 Å². The number of nitrogens with zero attached hydrogens (tertiary/aromatic N) is 2. The van der Waals surface area contributed by atoms with E-state index in [1.165, 1.54) is 23.3 Å². The van der Waals surface area contributed by atoms with E-state index in [4.69, 9.17) is 4.98 Å². The number of aryl methyl sites for hydroxylation is 2. The van der Waals surface area contributed by atoms with Crippen molar-refractivity contribution in [2.24, 2.45) is 0 Å². The first-order valence-electron chi connectivity index (χ1n) is 9.06. The number of hydrogen-bond acceptors (Lipinski definition) is 5. The van der Waals surface area contributed by atoms with E-state index in [0.29, 0.717) is 18.9 Å². The van der Waals surface area contributed by atoms with Crippen molar-refractivity contribution in [2.75, 3.05) is 13.1 Å². The van der Waals surface area contributed by atoms with Crippen molar-refractivity contribution in [1.29, 1.82) is 0 Å². The van der Waals surface area contributed by atoms with Crippen molar-refractivity contribution in [2.45, 2.75) is 65.0 Å². The van der Waals surface area contributed by atoms with Crippen LogP contribution < -0.4 is 5.56 Å². The monoisotopic (exact) mass is 349 g/mol. The molecule has 0 bridgehead atoms. The van der Waals surface area contributed by atoms with Gasteiger partial charge in [0.15, 0.2) is 0 Å². The van der Waals surface area contributed by atoms with E-state index in [9.17, 15) is 9.90 Å². The lowest BCUT2D eigenvalue weighted by atomic mass is 9.97. The Morgan fingerprint density at radius 2 is 2.12 bits per heavy atom. The highest BCUT2D eigenvalue weighted by molar-refractivity contribution is 7.18. The number of aliphatic hydroxyl groups is 1. The van der Waals surface area contributed by atoms with Crippen LogP contribution in [-0.2, 0) is 19.4 Å². The molecule has 1 aliphatic rings. The van der Waals surface area contributed by atoms with Gasteiger partial charge in [0, 0.05) is 11.4 Å². The summed E-state index contributed by atoms with van der Waals surface area (Å²) < 4.78 is 0. The third kappa shape index (κ3) is 3.71. The Morgan fingerprint density at radius 3 is 2.88 bits per heavy atom. The highest BCUT2D eigenvalue weighted by Crippen LogP contribution is 2.33. The number of H-pyrrole nitrogens is 1. The molecular weight excluding hydrogens is 322 g/mol. The van der Waals surface area contributed by atoms with E-state index in [0.717, 1.165) is 42.4 Å². The lowest BCUT2D eigenvalue weighted by Crippen LogP contribution is -2.33. The SMILES string of the molecule is CCCN(Cc1nc2sc3c(c2c(=O)[nH]1)CCCC3)CC(O)CC. The molecule has 0 fully saturated rings. The summed E-state index contributed by atoms with van der Waals surface area (Å²) >= 11 is 1.69. The number of rotatable bonds is 7.